The molecule has 23 heavy (non-hydrogen) atoms. The molecule has 1 unspecified atom stereocenters. The molecule has 0 spiro atoms. The predicted molar refractivity (Wildman–Crippen MR) is 102 cm³/mol. The van der Waals surface area contributed by atoms with Gasteiger partial charge in [-0.05, 0) is 17.2 Å². The summed E-state index contributed by atoms with van der Waals surface area (Å²) in [6, 6.07) is 0. The lowest BCUT2D eigenvalue weighted by molar-refractivity contribution is -0.127. The van der Waals surface area contributed by atoms with Gasteiger partial charge in [-0.3, -0.25) is 4.79 Å². The largest absolute Gasteiger partial charge is 0.315 e. The van der Waals surface area contributed by atoms with Crippen LogP contribution in [0.15, 0.2) is 0 Å². The highest BCUT2D eigenvalue weighted by molar-refractivity contribution is 6.66. The molecule has 1 aliphatic carbocycles. The summed E-state index contributed by atoms with van der Waals surface area (Å²) >= 11 is 6.21. The summed E-state index contributed by atoms with van der Waals surface area (Å²) in [5.41, 5.74) is 4.17. The van der Waals surface area contributed by atoms with Gasteiger partial charge in [-0.25, -0.2) is 0 Å². The minimum atomic E-state index is -1.86. The quantitative estimate of drug-likeness (QED) is 0.537. The number of ketones is 1. The lowest BCUT2D eigenvalue weighted by atomic mass is 9.32. The first-order valence-corrected chi connectivity index (χ1v) is 7.03. The van der Waals surface area contributed by atoms with Gasteiger partial charge in [0.05, 0.1) is 36.9 Å². The molecule has 0 bridgehead atoms. The van der Waals surface area contributed by atoms with Crippen LogP contribution in [0.2, 0.25) is 15.5 Å². The molecule has 0 saturated heterocycles. The van der Waals surface area contributed by atoms with Gasteiger partial charge >= 0.3 is 0 Å². The summed E-state index contributed by atoms with van der Waals surface area (Å²) in [7, 11) is 46.9. The molecule has 0 aliphatic heterocycles. The van der Waals surface area contributed by atoms with Crippen LogP contribution in [0.4, 0.5) is 0 Å². The Morgan fingerprint density at radius 1 is 0.870 bits per heavy atom. The van der Waals surface area contributed by atoms with E-state index in [0.717, 1.165) is 0 Å². The second-order valence-corrected chi connectivity index (χ2v) is 6.65. The highest BCUT2D eigenvalue weighted by Gasteiger charge is 2.53. The van der Waals surface area contributed by atoms with E-state index in [1.807, 2.05) is 0 Å². The minimum Gasteiger partial charge on any atom is -0.315 e. The van der Waals surface area contributed by atoms with Gasteiger partial charge in [0, 0.05) is 5.02 Å². The van der Waals surface area contributed by atoms with Gasteiger partial charge < -0.3 is 5.73 Å². The van der Waals surface area contributed by atoms with Crippen molar-refractivity contribution in [1.29, 1.82) is 0 Å². The number of halogens is 1. The van der Waals surface area contributed by atoms with Crippen LogP contribution in [-0.2, 0) is 10.3 Å². The lowest BCUT2D eigenvalue weighted by Gasteiger charge is -2.51. The van der Waals surface area contributed by atoms with Crippen LogP contribution in [0.25, 0.3) is 0 Å². The van der Waals surface area contributed by atoms with Crippen molar-refractivity contribution in [3.63, 3.8) is 0 Å². The van der Waals surface area contributed by atoms with Crippen LogP contribution >= 0.6 is 11.6 Å². The number of carbonyl (C=O) groups is 1. The van der Waals surface area contributed by atoms with E-state index in [-0.39, 0.29) is 45.3 Å². The Morgan fingerprint density at radius 3 is 1.87 bits per heavy atom. The Labute approximate surface area is 152 Å². The number of benzene rings is 1. The van der Waals surface area contributed by atoms with E-state index in [4.69, 9.17) is 80.1 Å². The first kappa shape index (κ1) is 19.0. The maximum absolute atomic E-state index is 12.8. The zero-order valence-corrected chi connectivity index (χ0v) is 13.2. The third-order valence-corrected chi connectivity index (χ3v) is 4.49. The molecule has 1 fully saturated rings. The van der Waals surface area contributed by atoms with Crippen molar-refractivity contribution in [1.82, 2.24) is 0 Å². The van der Waals surface area contributed by atoms with Crippen LogP contribution in [0.1, 0.15) is 18.4 Å². The van der Waals surface area contributed by atoms with Crippen molar-refractivity contribution >= 4 is 102 Å². The average molecular weight is 302 g/mol. The zero-order chi connectivity index (χ0) is 18.0. The second-order valence-electron chi connectivity index (χ2n) is 6.27. The summed E-state index contributed by atoms with van der Waals surface area (Å²) < 4.78 is 0. The van der Waals surface area contributed by atoms with Gasteiger partial charge in [-0.15, -0.1) is 10.9 Å². The maximum atomic E-state index is 12.8. The third-order valence-electron chi connectivity index (χ3n) is 4.10. The van der Waals surface area contributed by atoms with Crippen LogP contribution in [0.3, 0.4) is 0 Å². The molecule has 1 atom stereocenters. The summed E-state index contributed by atoms with van der Waals surface area (Å²) in [6.07, 6.45) is -0.378. The molecule has 16 radical (unpaired) electrons. The van der Waals surface area contributed by atoms with Gasteiger partial charge in [-0.2, -0.15) is 0 Å². The molecule has 96 valence electrons. The Balaban J connectivity index is 2.81. The van der Waals surface area contributed by atoms with Crippen molar-refractivity contribution in [3.8, 4) is 0 Å². The van der Waals surface area contributed by atoms with Crippen molar-refractivity contribution in [2.75, 3.05) is 0 Å². The molecule has 0 amide bonds. The fourth-order valence-electron chi connectivity index (χ4n) is 3.14. The van der Waals surface area contributed by atoms with Crippen molar-refractivity contribution < 1.29 is 4.79 Å². The van der Waals surface area contributed by atoms with E-state index in [9.17, 15) is 4.79 Å². The van der Waals surface area contributed by atoms with E-state index < -0.39 is 21.7 Å². The first-order valence-electron chi connectivity index (χ1n) is 6.66. The smallest absolute Gasteiger partial charge is 0.146 e. The highest BCUT2D eigenvalue weighted by Crippen LogP contribution is 2.52. The molecule has 0 aromatic heterocycles. The molecule has 2 rings (SSSR count). The predicted octanol–water partition coefficient (Wildman–Crippen LogP) is -4.06. The standard InChI is InChI=1S/C12H6B8ClNO/c13-4-3(8(21)7(16)6(15)5(4)14)11(22)1-10(17,18)2-12(19,20)9(11)23/h1-2,22H2. The number of Topliss-reactive ketones (excluding diaryl/α,β-unsaturated/α-hetero) is 1. The highest BCUT2D eigenvalue weighted by atomic mass is 35.5. The normalized spacial score (nSPS) is 26.1. The molecule has 2 N–H and O–H groups in total. The summed E-state index contributed by atoms with van der Waals surface area (Å²) in [4.78, 5) is 12.8. The number of nitrogens with two attached hydrogens (primary N) is 1. The van der Waals surface area contributed by atoms with Crippen molar-refractivity contribution in [2.45, 2.75) is 28.8 Å². The average Bonchev–Trinajstić information content (AvgIpc) is 2.39. The van der Waals surface area contributed by atoms with E-state index in [1.165, 1.54) is 0 Å². The number of hydrogen-bond acceptors (Lipinski definition) is 2. The van der Waals surface area contributed by atoms with Gasteiger partial charge in [0.1, 0.15) is 37.2 Å². The SMILES string of the molecule is [B]c1c([B])c([B])c(C2(N)CC([B])([B])CC([B])([B])C2=O)c(Cl)c1[B]. The Hall–Kier alpha value is -0.341. The van der Waals surface area contributed by atoms with E-state index in [0.29, 0.717) is 0 Å². The minimum absolute atomic E-state index is 0.0124. The second kappa shape index (κ2) is 5.59. The molecule has 0 heterocycles. The Kier molecular flexibility index (Phi) is 4.62. The zero-order valence-electron chi connectivity index (χ0n) is 12.4. The summed E-state index contributed by atoms with van der Waals surface area (Å²) in [6.45, 7) is 0. The van der Waals surface area contributed by atoms with Crippen LogP contribution in [-0.4, -0.2) is 68.6 Å². The number of rotatable bonds is 1. The molecular weight excluding hydrogens is 296 g/mol. The van der Waals surface area contributed by atoms with Crippen molar-refractivity contribution in [2.24, 2.45) is 5.73 Å². The van der Waals surface area contributed by atoms with E-state index >= 15 is 0 Å². The maximum Gasteiger partial charge on any atom is 0.146 e. The Morgan fingerprint density at radius 2 is 1.35 bits per heavy atom. The van der Waals surface area contributed by atoms with Crippen molar-refractivity contribution in [3.05, 3.63) is 10.6 Å². The summed E-state index contributed by atoms with van der Waals surface area (Å²) in [5.74, 6) is -0.728. The topological polar surface area (TPSA) is 43.1 Å². The van der Waals surface area contributed by atoms with E-state index in [1.54, 1.807) is 0 Å². The fraction of sp³-hybridized carbons (Fsp3) is 0.417. The number of hydrogen-bond donors (Lipinski definition) is 1. The van der Waals surface area contributed by atoms with Gasteiger partial charge in [0.25, 0.3) is 0 Å². The molecule has 1 saturated carbocycles. The number of carbonyl (C=O) groups excluding carboxylic acids is 1. The summed E-state index contributed by atoms with van der Waals surface area (Å²) in [5, 5.41) is -3.40. The first-order chi connectivity index (χ1) is 10.2. The molecule has 11 heteroatoms. The van der Waals surface area contributed by atoms with Crippen LogP contribution in [0, 0.1) is 0 Å². The molecular formula is C12H6B8ClNO. The van der Waals surface area contributed by atoms with Crippen LogP contribution < -0.4 is 27.6 Å². The molecule has 1 aliphatic rings. The van der Waals surface area contributed by atoms with Gasteiger partial charge in [-0.1, -0.05) is 34.2 Å². The van der Waals surface area contributed by atoms with Crippen LogP contribution in [0.5, 0.6) is 0 Å². The monoisotopic (exact) mass is 303 g/mol. The van der Waals surface area contributed by atoms with Gasteiger partial charge in [0.15, 0.2) is 0 Å². The molecule has 1 aromatic rings. The fourth-order valence-corrected chi connectivity index (χ4v) is 3.51. The van der Waals surface area contributed by atoms with Gasteiger partial charge in [0.2, 0.25) is 0 Å². The molecule has 1 aromatic carbocycles. The lowest BCUT2D eigenvalue weighted by Crippen LogP contribution is -2.62. The Bertz CT molecular complexity index is 678. The van der Waals surface area contributed by atoms with E-state index in [2.05, 4.69) is 0 Å². The third kappa shape index (κ3) is 2.91. The molecule has 2 nitrogen and oxygen atoms in total.